The maximum atomic E-state index is 11.8. The molecule has 0 saturated carbocycles. The predicted octanol–water partition coefficient (Wildman–Crippen LogP) is 0.912. The third-order valence-electron chi connectivity index (χ3n) is 3.08. The fourth-order valence-corrected chi connectivity index (χ4v) is 2.97. The molecule has 0 aliphatic carbocycles. The molecule has 1 atom stereocenters. The minimum Gasteiger partial charge on any atom is -0.341 e. The molecule has 0 aromatic carbocycles. The van der Waals surface area contributed by atoms with Crippen LogP contribution in [0.2, 0.25) is 0 Å². The van der Waals surface area contributed by atoms with E-state index in [0.717, 1.165) is 30.8 Å². The Morgan fingerprint density at radius 3 is 3.29 bits per heavy atom. The number of thiophene rings is 1. The summed E-state index contributed by atoms with van der Waals surface area (Å²) in [6.45, 7) is 1.67. The summed E-state index contributed by atoms with van der Waals surface area (Å²) in [4.78, 5) is 22.0. The largest absolute Gasteiger partial charge is 0.341 e. The van der Waals surface area contributed by atoms with Crippen molar-refractivity contribution in [3.63, 3.8) is 0 Å². The highest BCUT2D eigenvalue weighted by Gasteiger charge is 2.19. The average Bonchev–Trinajstić information content (AvgIpc) is 2.77. The Labute approximate surface area is 102 Å². The predicted molar refractivity (Wildman–Crippen MR) is 69.7 cm³/mol. The second-order valence-corrected chi connectivity index (χ2v) is 5.27. The Morgan fingerprint density at radius 2 is 2.47 bits per heavy atom. The third kappa shape index (κ3) is 1.94. The number of H-pyrrole nitrogens is 1. The van der Waals surface area contributed by atoms with Gasteiger partial charge in [-0.1, -0.05) is 0 Å². The molecule has 1 saturated heterocycles. The van der Waals surface area contributed by atoms with Crippen molar-refractivity contribution < 1.29 is 0 Å². The molecule has 2 aromatic rings. The van der Waals surface area contributed by atoms with Gasteiger partial charge in [-0.15, -0.1) is 11.3 Å². The zero-order chi connectivity index (χ0) is 11.8. The van der Waals surface area contributed by atoms with Crippen LogP contribution in [0.15, 0.2) is 16.2 Å². The van der Waals surface area contributed by atoms with Crippen LogP contribution in [-0.4, -0.2) is 29.1 Å². The SMILES string of the molecule is NC1CCCN(c2nc3sccc3c(=O)[nH]2)C1. The quantitative estimate of drug-likeness (QED) is 0.789. The number of nitrogens with one attached hydrogen (secondary N) is 1. The highest BCUT2D eigenvalue weighted by molar-refractivity contribution is 7.16. The number of rotatable bonds is 1. The van der Waals surface area contributed by atoms with Crippen molar-refractivity contribution in [2.75, 3.05) is 18.0 Å². The summed E-state index contributed by atoms with van der Waals surface area (Å²) < 4.78 is 0. The van der Waals surface area contributed by atoms with Gasteiger partial charge in [-0.2, -0.15) is 0 Å². The smallest absolute Gasteiger partial charge is 0.261 e. The van der Waals surface area contributed by atoms with E-state index in [0.29, 0.717) is 11.3 Å². The van der Waals surface area contributed by atoms with Crippen molar-refractivity contribution in [3.8, 4) is 0 Å². The number of nitrogens with two attached hydrogens (primary N) is 1. The van der Waals surface area contributed by atoms with Crippen LogP contribution in [0.1, 0.15) is 12.8 Å². The van der Waals surface area contributed by atoms with E-state index in [1.54, 1.807) is 6.07 Å². The highest BCUT2D eigenvalue weighted by atomic mass is 32.1. The van der Waals surface area contributed by atoms with Crippen LogP contribution in [-0.2, 0) is 0 Å². The number of anilines is 1. The number of hydrogen-bond donors (Lipinski definition) is 2. The van der Waals surface area contributed by atoms with Gasteiger partial charge in [0.25, 0.3) is 5.56 Å². The zero-order valence-corrected chi connectivity index (χ0v) is 10.2. The monoisotopic (exact) mass is 250 g/mol. The van der Waals surface area contributed by atoms with Crippen LogP contribution >= 0.6 is 11.3 Å². The van der Waals surface area contributed by atoms with Crippen molar-refractivity contribution in [1.29, 1.82) is 0 Å². The second-order valence-electron chi connectivity index (χ2n) is 4.38. The second kappa shape index (κ2) is 4.12. The van der Waals surface area contributed by atoms with Gasteiger partial charge in [0.2, 0.25) is 5.95 Å². The van der Waals surface area contributed by atoms with Crippen LogP contribution in [0.4, 0.5) is 5.95 Å². The Hall–Kier alpha value is -1.40. The normalized spacial score (nSPS) is 21.0. The van der Waals surface area contributed by atoms with Crippen LogP contribution in [0, 0.1) is 0 Å². The lowest BCUT2D eigenvalue weighted by Gasteiger charge is -2.30. The molecule has 17 heavy (non-hydrogen) atoms. The van der Waals surface area contributed by atoms with Crippen molar-refractivity contribution in [1.82, 2.24) is 9.97 Å². The fourth-order valence-electron chi connectivity index (χ4n) is 2.21. The number of piperidine rings is 1. The van der Waals surface area contributed by atoms with E-state index in [1.807, 2.05) is 5.38 Å². The molecule has 2 aromatic heterocycles. The number of fused-ring (bicyclic) bond motifs is 1. The number of hydrogen-bond acceptors (Lipinski definition) is 5. The third-order valence-corrected chi connectivity index (χ3v) is 3.89. The van der Waals surface area contributed by atoms with Gasteiger partial charge >= 0.3 is 0 Å². The van der Waals surface area contributed by atoms with Gasteiger partial charge in [-0.25, -0.2) is 4.98 Å². The zero-order valence-electron chi connectivity index (χ0n) is 9.35. The van der Waals surface area contributed by atoms with E-state index >= 15 is 0 Å². The molecule has 1 unspecified atom stereocenters. The summed E-state index contributed by atoms with van der Waals surface area (Å²) in [5, 5.41) is 2.55. The molecular weight excluding hydrogens is 236 g/mol. The lowest BCUT2D eigenvalue weighted by molar-refractivity contribution is 0.500. The summed E-state index contributed by atoms with van der Waals surface area (Å²) >= 11 is 1.49. The van der Waals surface area contributed by atoms with E-state index in [9.17, 15) is 4.79 Å². The van der Waals surface area contributed by atoms with Gasteiger partial charge in [0.15, 0.2) is 0 Å². The molecule has 6 heteroatoms. The first-order valence-electron chi connectivity index (χ1n) is 5.72. The van der Waals surface area contributed by atoms with Crippen molar-refractivity contribution >= 4 is 27.5 Å². The van der Waals surface area contributed by atoms with Crippen molar-refractivity contribution in [3.05, 3.63) is 21.8 Å². The Balaban J connectivity index is 2.02. The van der Waals surface area contributed by atoms with Crippen molar-refractivity contribution in [2.45, 2.75) is 18.9 Å². The number of aromatic nitrogens is 2. The molecule has 1 aliphatic heterocycles. The van der Waals surface area contributed by atoms with Crippen LogP contribution in [0.5, 0.6) is 0 Å². The van der Waals surface area contributed by atoms with Crippen LogP contribution in [0.25, 0.3) is 10.2 Å². The van der Waals surface area contributed by atoms with E-state index in [-0.39, 0.29) is 11.6 Å². The topological polar surface area (TPSA) is 75.0 Å². The summed E-state index contributed by atoms with van der Waals surface area (Å²) in [7, 11) is 0. The van der Waals surface area contributed by atoms with Gasteiger partial charge in [0, 0.05) is 19.1 Å². The maximum absolute atomic E-state index is 11.8. The Bertz CT molecular complexity index is 590. The summed E-state index contributed by atoms with van der Waals surface area (Å²) in [6.07, 6.45) is 2.09. The molecule has 0 radical (unpaired) electrons. The first-order chi connectivity index (χ1) is 8.24. The number of aromatic amines is 1. The molecule has 3 N–H and O–H groups in total. The molecule has 90 valence electrons. The van der Waals surface area contributed by atoms with E-state index in [2.05, 4.69) is 14.9 Å². The van der Waals surface area contributed by atoms with Gasteiger partial charge in [0.1, 0.15) is 4.83 Å². The molecule has 1 fully saturated rings. The Morgan fingerprint density at radius 1 is 1.59 bits per heavy atom. The molecule has 0 bridgehead atoms. The van der Waals surface area contributed by atoms with Gasteiger partial charge in [-0.05, 0) is 24.3 Å². The van der Waals surface area contributed by atoms with Crippen molar-refractivity contribution in [2.24, 2.45) is 5.73 Å². The maximum Gasteiger partial charge on any atom is 0.261 e. The van der Waals surface area contributed by atoms with Gasteiger partial charge in [-0.3, -0.25) is 9.78 Å². The summed E-state index contributed by atoms with van der Waals surface area (Å²) in [6, 6.07) is 1.98. The first kappa shape index (κ1) is 10.7. The van der Waals surface area contributed by atoms with E-state index < -0.39 is 0 Å². The first-order valence-corrected chi connectivity index (χ1v) is 6.60. The molecule has 3 rings (SSSR count). The van der Waals surface area contributed by atoms with Crippen LogP contribution < -0.4 is 16.2 Å². The standard InChI is InChI=1S/C11H14N4OS/c12-7-2-1-4-15(6-7)11-13-9(16)8-3-5-17-10(8)14-11/h3,5,7H,1-2,4,6,12H2,(H,13,14,16). The molecule has 0 amide bonds. The minimum atomic E-state index is -0.0644. The summed E-state index contributed by atoms with van der Waals surface area (Å²) in [5.41, 5.74) is 5.87. The van der Waals surface area contributed by atoms with Crippen LogP contribution in [0.3, 0.4) is 0 Å². The minimum absolute atomic E-state index is 0.0644. The molecule has 3 heterocycles. The highest BCUT2D eigenvalue weighted by Crippen LogP contribution is 2.19. The molecule has 0 spiro atoms. The van der Waals surface area contributed by atoms with E-state index in [1.165, 1.54) is 11.3 Å². The lowest BCUT2D eigenvalue weighted by Crippen LogP contribution is -2.44. The number of nitrogens with zero attached hydrogens (tertiary/aromatic N) is 2. The molecule has 5 nitrogen and oxygen atoms in total. The molecule has 1 aliphatic rings. The molecular formula is C11H14N4OS. The fraction of sp³-hybridized carbons (Fsp3) is 0.455. The lowest BCUT2D eigenvalue weighted by atomic mass is 10.1. The van der Waals surface area contributed by atoms with E-state index in [4.69, 9.17) is 5.73 Å². The van der Waals surface area contributed by atoms with Gasteiger partial charge in [0.05, 0.1) is 5.39 Å². The Kier molecular flexibility index (Phi) is 2.60. The summed E-state index contributed by atoms with van der Waals surface area (Å²) in [5.74, 6) is 0.653. The van der Waals surface area contributed by atoms with Gasteiger partial charge < -0.3 is 10.6 Å². The average molecular weight is 250 g/mol.